The first-order valence-corrected chi connectivity index (χ1v) is 10.6. The van der Waals surface area contributed by atoms with E-state index in [0.717, 1.165) is 36.5 Å². The van der Waals surface area contributed by atoms with E-state index in [1.54, 1.807) is 0 Å². The van der Waals surface area contributed by atoms with E-state index in [9.17, 15) is 10.2 Å². The minimum absolute atomic E-state index is 0.145. The Morgan fingerprint density at radius 3 is 2.25 bits per heavy atom. The van der Waals surface area contributed by atoms with E-state index in [1.165, 1.54) is 44.9 Å². The molecule has 4 fully saturated rings. The van der Waals surface area contributed by atoms with Crippen LogP contribution in [0.4, 0.5) is 0 Å². The van der Waals surface area contributed by atoms with Gasteiger partial charge >= 0.3 is 0 Å². The van der Waals surface area contributed by atoms with E-state index in [2.05, 4.69) is 20.8 Å². The van der Waals surface area contributed by atoms with Gasteiger partial charge in [-0.2, -0.15) is 0 Å². The molecule has 0 heterocycles. The molecule has 4 aliphatic carbocycles. The third-order valence-corrected chi connectivity index (χ3v) is 9.61. The number of rotatable bonds is 1. The second-order valence-electron chi connectivity index (χ2n) is 10.8. The molecule has 4 saturated carbocycles. The molecule has 9 atom stereocenters. The molecule has 0 bridgehead atoms. The Bertz CT molecular complexity index is 498. The Morgan fingerprint density at radius 2 is 1.54 bits per heavy atom. The molecule has 4 aliphatic rings. The van der Waals surface area contributed by atoms with E-state index in [-0.39, 0.29) is 6.10 Å². The van der Waals surface area contributed by atoms with Gasteiger partial charge in [0.25, 0.3) is 0 Å². The summed E-state index contributed by atoms with van der Waals surface area (Å²) in [6, 6.07) is 0. The SMILES string of the molecule is CC(O)[C@H]1CC[C@H]2[C@@H]3CC[C@H]4CC(C)(O)CC[C@]4(C)[C@H]3CC[C@]12C. The molecule has 0 saturated heterocycles. The zero-order chi connectivity index (χ0) is 17.3. The van der Waals surface area contributed by atoms with Crippen molar-refractivity contribution in [2.24, 2.45) is 40.4 Å². The van der Waals surface area contributed by atoms with Crippen molar-refractivity contribution in [1.29, 1.82) is 0 Å². The van der Waals surface area contributed by atoms with Crippen molar-refractivity contribution < 1.29 is 10.2 Å². The van der Waals surface area contributed by atoms with Crippen LogP contribution in [0.25, 0.3) is 0 Å². The van der Waals surface area contributed by atoms with Crippen LogP contribution in [0.15, 0.2) is 0 Å². The maximum absolute atomic E-state index is 10.6. The van der Waals surface area contributed by atoms with Crippen molar-refractivity contribution in [2.75, 3.05) is 0 Å². The second kappa shape index (κ2) is 5.46. The first-order chi connectivity index (χ1) is 11.2. The third-order valence-electron chi connectivity index (χ3n) is 9.61. The maximum Gasteiger partial charge on any atom is 0.0622 e. The topological polar surface area (TPSA) is 40.5 Å². The molecule has 2 nitrogen and oxygen atoms in total. The molecular formula is C22H38O2. The largest absolute Gasteiger partial charge is 0.393 e. The highest BCUT2D eigenvalue weighted by Gasteiger charge is 2.61. The molecule has 0 radical (unpaired) electrons. The minimum atomic E-state index is -0.426. The number of hydrogen-bond acceptors (Lipinski definition) is 2. The molecule has 0 amide bonds. The zero-order valence-corrected chi connectivity index (χ0v) is 16.2. The highest BCUT2D eigenvalue weighted by atomic mass is 16.3. The van der Waals surface area contributed by atoms with Crippen LogP contribution in [0.2, 0.25) is 0 Å². The second-order valence-corrected chi connectivity index (χ2v) is 10.8. The van der Waals surface area contributed by atoms with E-state index in [0.29, 0.717) is 16.7 Å². The van der Waals surface area contributed by atoms with Gasteiger partial charge in [0.15, 0.2) is 0 Å². The zero-order valence-electron chi connectivity index (χ0n) is 16.2. The van der Waals surface area contributed by atoms with Crippen molar-refractivity contribution >= 4 is 0 Å². The van der Waals surface area contributed by atoms with Crippen LogP contribution in [0.5, 0.6) is 0 Å². The molecule has 0 spiro atoms. The standard InChI is InChI=1S/C22H38O2/c1-14(23)17-7-8-18-16-6-5-15-13-20(2,24)11-12-21(15,3)19(16)9-10-22(17,18)4/h14-19,23-24H,5-13H2,1-4H3/t14?,15-,16-,17+,18-,19-,20?,21-,22+/m0/s1. The lowest BCUT2D eigenvalue weighted by Gasteiger charge is -2.62. The fourth-order valence-corrected chi connectivity index (χ4v) is 8.26. The van der Waals surface area contributed by atoms with Crippen LogP contribution >= 0.6 is 0 Å². The summed E-state index contributed by atoms with van der Waals surface area (Å²) in [6.45, 7) is 9.14. The smallest absolute Gasteiger partial charge is 0.0622 e. The average molecular weight is 335 g/mol. The van der Waals surface area contributed by atoms with Gasteiger partial charge in [-0.25, -0.2) is 0 Å². The molecular weight excluding hydrogens is 296 g/mol. The Morgan fingerprint density at radius 1 is 0.833 bits per heavy atom. The number of aliphatic hydroxyl groups is 2. The monoisotopic (exact) mass is 334 g/mol. The predicted octanol–water partition coefficient (Wildman–Crippen LogP) is 4.78. The molecule has 2 heteroatoms. The molecule has 0 aromatic rings. The van der Waals surface area contributed by atoms with Gasteiger partial charge in [-0.15, -0.1) is 0 Å². The molecule has 0 aromatic heterocycles. The Balaban J connectivity index is 1.60. The van der Waals surface area contributed by atoms with Crippen molar-refractivity contribution in [3.8, 4) is 0 Å². The van der Waals surface area contributed by atoms with Gasteiger partial charge in [0.05, 0.1) is 11.7 Å². The molecule has 138 valence electrons. The van der Waals surface area contributed by atoms with Gasteiger partial charge in [-0.05, 0) is 112 Å². The van der Waals surface area contributed by atoms with Gasteiger partial charge < -0.3 is 10.2 Å². The highest BCUT2D eigenvalue weighted by Crippen LogP contribution is 2.68. The predicted molar refractivity (Wildman–Crippen MR) is 97.5 cm³/mol. The lowest BCUT2D eigenvalue weighted by Crippen LogP contribution is -2.55. The van der Waals surface area contributed by atoms with E-state index < -0.39 is 5.60 Å². The van der Waals surface area contributed by atoms with Crippen LogP contribution in [-0.4, -0.2) is 21.9 Å². The van der Waals surface area contributed by atoms with E-state index >= 15 is 0 Å². The van der Waals surface area contributed by atoms with Crippen LogP contribution in [0, 0.1) is 40.4 Å². The molecule has 2 unspecified atom stereocenters. The minimum Gasteiger partial charge on any atom is -0.393 e. The van der Waals surface area contributed by atoms with Gasteiger partial charge in [0, 0.05) is 0 Å². The lowest BCUT2D eigenvalue weighted by atomic mass is 9.44. The van der Waals surface area contributed by atoms with Gasteiger partial charge in [0.1, 0.15) is 0 Å². The van der Waals surface area contributed by atoms with E-state index in [1.807, 2.05) is 6.92 Å². The Labute approximate surface area is 148 Å². The molecule has 24 heavy (non-hydrogen) atoms. The summed E-state index contributed by atoms with van der Waals surface area (Å²) in [6.07, 6.45) is 11.0. The molecule has 2 N–H and O–H groups in total. The molecule has 0 aromatic carbocycles. The van der Waals surface area contributed by atoms with Crippen LogP contribution < -0.4 is 0 Å². The summed E-state index contributed by atoms with van der Waals surface area (Å²) in [5.41, 5.74) is 0.402. The highest BCUT2D eigenvalue weighted by molar-refractivity contribution is 5.10. The fraction of sp³-hybridized carbons (Fsp3) is 1.00. The van der Waals surface area contributed by atoms with Crippen LogP contribution in [0.1, 0.15) is 85.5 Å². The quantitative estimate of drug-likeness (QED) is 0.724. The Kier molecular flexibility index (Phi) is 3.94. The van der Waals surface area contributed by atoms with Crippen LogP contribution in [-0.2, 0) is 0 Å². The van der Waals surface area contributed by atoms with Crippen molar-refractivity contribution in [3.05, 3.63) is 0 Å². The van der Waals surface area contributed by atoms with E-state index in [4.69, 9.17) is 0 Å². The molecule has 4 rings (SSSR count). The van der Waals surface area contributed by atoms with Crippen molar-refractivity contribution in [2.45, 2.75) is 97.2 Å². The van der Waals surface area contributed by atoms with Gasteiger partial charge in [-0.3, -0.25) is 0 Å². The first kappa shape index (κ1) is 17.3. The summed E-state index contributed by atoms with van der Waals surface area (Å²) in [4.78, 5) is 0. The summed E-state index contributed by atoms with van der Waals surface area (Å²) in [5, 5.41) is 20.9. The maximum atomic E-state index is 10.6. The summed E-state index contributed by atoms with van der Waals surface area (Å²) in [5.74, 6) is 3.80. The number of hydrogen-bond donors (Lipinski definition) is 2. The summed E-state index contributed by atoms with van der Waals surface area (Å²) < 4.78 is 0. The normalized spacial score (nSPS) is 58.5. The number of aliphatic hydroxyl groups excluding tert-OH is 1. The van der Waals surface area contributed by atoms with Gasteiger partial charge in [-0.1, -0.05) is 13.8 Å². The third kappa shape index (κ3) is 2.35. The summed E-state index contributed by atoms with van der Waals surface area (Å²) >= 11 is 0. The summed E-state index contributed by atoms with van der Waals surface area (Å²) in [7, 11) is 0. The molecule has 0 aliphatic heterocycles. The lowest BCUT2D eigenvalue weighted by molar-refractivity contribution is -0.149. The average Bonchev–Trinajstić information content (AvgIpc) is 2.85. The van der Waals surface area contributed by atoms with Crippen molar-refractivity contribution in [1.82, 2.24) is 0 Å². The van der Waals surface area contributed by atoms with Crippen LogP contribution in [0.3, 0.4) is 0 Å². The first-order valence-electron chi connectivity index (χ1n) is 10.6. The number of fused-ring (bicyclic) bond motifs is 5. The van der Waals surface area contributed by atoms with Gasteiger partial charge in [0.2, 0.25) is 0 Å². The van der Waals surface area contributed by atoms with Crippen molar-refractivity contribution in [3.63, 3.8) is 0 Å². The Hall–Kier alpha value is -0.0800. The fourth-order valence-electron chi connectivity index (χ4n) is 8.26.